The van der Waals surface area contributed by atoms with Crippen molar-refractivity contribution in [3.05, 3.63) is 36.0 Å². The second kappa shape index (κ2) is 6.54. The fourth-order valence-corrected chi connectivity index (χ4v) is 2.21. The number of carbonyl (C=O) groups excluding carboxylic acids is 1. The third-order valence-electron chi connectivity index (χ3n) is 3.84. The van der Waals surface area contributed by atoms with Crippen molar-refractivity contribution in [1.29, 1.82) is 0 Å². The van der Waals surface area contributed by atoms with Crippen LogP contribution in [0.5, 0.6) is 5.75 Å². The summed E-state index contributed by atoms with van der Waals surface area (Å²) in [6.07, 6.45) is 2.41. The topological polar surface area (TPSA) is 82.5 Å². The number of nitrogens with one attached hydrogen (secondary N) is 1. The first kappa shape index (κ1) is 15.3. The van der Waals surface area contributed by atoms with E-state index in [9.17, 15) is 15.0 Å². The van der Waals surface area contributed by atoms with Gasteiger partial charge in [-0.15, -0.1) is 0 Å². The Morgan fingerprint density at radius 2 is 2.14 bits per heavy atom. The molecule has 1 heterocycles. The summed E-state index contributed by atoms with van der Waals surface area (Å²) < 4.78 is 0. The summed E-state index contributed by atoms with van der Waals surface area (Å²) in [6.45, 7) is 3.83. The van der Waals surface area contributed by atoms with E-state index in [0.29, 0.717) is 5.52 Å². The Labute approximate surface area is 123 Å². The molecule has 0 radical (unpaired) electrons. The maximum Gasteiger partial charge on any atom is 0.255 e. The molecule has 0 bridgehead atoms. The lowest BCUT2D eigenvalue weighted by atomic mass is 9.99. The van der Waals surface area contributed by atoms with E-state index in [0.717, 1.165) is 11.8 Å². The summed E-state index contributed by atoms with van der Waals surface area (Å²) in [6, 6.07) is 6.57. The molecule has 2 aromatic rings. The number of aromatic hydroxyl groups is 1. The molecule has 0 aliphatic rings. The molecule has 5 heteroatoms. The van der Waals surface area contributed by atoms with Crippen LogP contribution in [0.3, 0.4) is 0 Å². The van der Waals surface area contributed by atoms with E-state index in [-0.39, 0.29) is 29.9 Å². The van der Waals surface area contributed by atoms with Crippen molar-refractivity contribution in [2.45, 2.75) is 26.3 Å². The normalized spacial score (nSPS) is 13.9. The number of pyridine rings is 1. The van der Waals surface area contributed by atoms with E-state index in [1.807, 2.05) is 19.9 Å². The minimum Gasteiger partial charge on any atom is -0.505 e. The number of phenols is 1. The third-order valence-corrected chi connectivity index (χ3v) is 3.84. The Kier molecular flexibility index (Phi) is 4.75. The van der Waals surface area contributed by atoms with E-state index < -0.39 is 5.91 Å². The van der Waals surface area contributed by atoms with Gasteiger partial charge in [-0.3, -0.25) is 9.78 Å². The number of phenolic OH excluding ortho intramolecular Hbond substituents is 1. The lowest BCUT2D eigenvalue weighted by molar-refractivity contribution is 0.0889. The number of hydrogen-bond acceptors (Lipinski definition) is 4. The quantitative estimate of drug-likeness (QED) is 0.786. The number of benzene rings is 1. The zero-order chi connectivity index (χ0) is 15.4. The summed E-state index contributed by atoms with van der Waals surface area (Å²) in [5.74, 6) is -0.384. The molecular formula is C16H20N2O3. The van der Waals surface area contributed by atoms with Gasteiger partial charge in [-0.25, -0.2) is 0 Å². The zero-order valence-electron chi connectivity index (χ0n) is 12.2. The van der Waals surface area contributed by atoms with Gasteiger partial charge >= 0.3 is 0 Å². The van der Waals surface area contributed by atoms with Crippen molar-refractivity contribution in [1.82, 2.24) is 10.3 Å². The SMILES string of the molecule is CCC(C)C(CO)NC(=O)c1ccc2cccnc2c1O. The monoisotopic (exact) mass is 288 g/mol. The molecule has 0 aliphatic heterocycles. The molecule has 0 saturated heterocycles. The molecule has 5 nitrogen and oxygen atoms in total. The van der Waals surface area contributed by atoms with E-state index in [1.54, 1.807) is 24.4 Å². The smallest absolute Gasteiger partial charge is 0.255 e. The van der Waals surface area contributed by atoms with Gasteiger partial charge < -0.3 is 15.5 Å². The molecule has 0 saturated carbocycles. The summed E-state index contributed by atoms with van der Waals surface area (Å²) in [5, 5.41) is 23.1. The highest BCUT2D eigenvalue weighted by molar-refractivity contribution is 6.02. The number of aliphatic hydroxyl groups excluding tert-OH is 1. The molecule has 0 fully saturated rings. The Balaban J connectivity index is 2.29. The van der Waals surface area contributed by atoms with E-state index >= 15 is 0 Å². The van der Waals surface area contributed by atoms with Gasteiger partial charge in [0.05, 0.1) is 18.2 Å². The molecule has 112 valence electrons. The van der Waals surface area contributed by atoms with Crippen LogP contribution in [0.1, 0.15) is 30.6 Å². The van der Waals surface area contributed by atoms with Crippen LogP contribution < -0.4 is 5.32 Å². The average Bonchev–Trinajstić information content (AvgIpc) is 2.52. The molecule has 0 aliphatic carbocycles. The Morgan fingerprint density at radius 3 is 2.81 bits per heavy atom. The largest absolute Gasteiger partial charge is 0.505 e. The fraction of sp³-hybridized carbons (Fsp3) is 0.375. The predicted molar refractivity (Wildman–Crippen MR) is 81.2 cm³/mol. The number of nitrogens with zero attached hydrogens (tertiary/aromatic N) is 1. The van der Waals surface area contributed by atoms with Crippen LogP contribution in [0, 0.1) is 5.92 Å². The van der Waals surface area contributed by atoms with Gasteiger partial charge in [0.15, 0.2) is 5.75 Å². The lowest BCUT2D eigenvalue weighted by Crippen LogP contribution is -2.41. The molecule has 2 rings (SSSR count). The number of aromatic nitrogens is 1. The molecule has 2 unspecified atom stereocenters. The summed E-state index contributed by atoms with van der Waals surface area (Å²) >= 11 is 0. The van der Waals surface area contributed by atoms with Gasteiger partial charge in [-0.05, 0) is 18.1 Å². The highest BCUT2D eigenvalue weighted by Crippen LogP contribution is 2.26. The second-order valence-electron chi connectivity index (χ2n) is 5.18. The highest BCUT2D eigenvalue weighted by Gasteiger charge is 2.21. The number of hydrogen-bond donors (Lipinski definition) is 3. The van der Waals surface area contributed by atoms with Gasteiger partial charge in [0.25, 0.3) is 5.91 Å². The maximum absolute atomic E-state index is 12.3. The minimum atomic E-state index is -0.403. The molecule has 1 aromatic carbocycles. The second-order valence-corrected chi connectivity index (χ2v) is 5.18. The number of rotatable bonds is 5. The van der Waals surface area contributed by atoms with E-state index in [4.69, 9.17) is 0 Å². The molecule has 1 amide bonds. The van der Waals surface area contributed by atoms with Gasteiger partial charge in [0, 0.05) is 11.6 Å². The van der Waals surface area contributed by atoms with Gasteiger partial charge in [0.1, 0.15) is 5.52 Å². The summed E-state index contributed by atoms with van der Waals surface area (Å²) in [7, 11) is 0. The van der Waals surface area contributed by atoms with Gasteiger partial charge in [-0.1, -0.05) is 32.4 Å². The van der Waals surface area contributed by atoms with Crippen molar-refractivity contribution in [3.63, 3.8) is 0 Å². The lowest BCUT2D eigenvalue weighted by Gasteiger charge is -2.22. The van der Waals surface area contributed by atoms with Crippen LogP contribution in [-0.4, -0.2) is 33.8 Å². The van der Waals surface area contributed by atoms with Crippen molar-refractivity contribution >= 4 is 16.8 Å². The Bertz CT molecular complexity index is 642. The molecule has 0 spiro atoms. The predicted octanol–water partition coefficient (Wildman–Crippen LogP) is 2.08. The summed E-state index contributed by atoms with van der Waals surface area (Å²) in [4.78, 5) is 16.4. The number of carbonyl (C=O) groups is 1. The first-order chi connectivity index (χ1) is 10.1. The molecular weight excluding hydrogens is 268 g/mol. The van der Waals surface area contributed by atoms with Gasteiger partial charge in [-0.2, -0.15) is 0 Å². The average molecular weight is 288 g/mol. The number of fused-ring (bicyclic) bond motifs is 1. The van der Waals surface area contributed by atoms with Crippen molar-refractivity contribution in [2.24, 2.45) is 5.92 Å². The van der Waals surface area contributed by atoms with Crippen molar-refractivity contribution in [3.8, 4) is 5.75 Å². The van der Waals surface area contributed by atoms with Crippen LogP contribution >= 0.6 is 0 Å². The van der Waals surface area contributed by atoms with E-state index in [1.165, 1.54) is 0 Å². The number of amides is 1. The highest BCUT2D eigenvalue weighted by atomic mass is 16.3. The van der Waals surface area contributed by atoms with Crippen LogP contribution in [-0.2, 0) is 0 Å². The standard InChI is InChI=1S/C16H20N2O3/c1-3-10(2)13(9-19)18-16(21)12-7-6-11-5-4-8-17-14(11)15(12)20/h4-8,10,13,19-20H,3,9H2,1-2H3,(H,18,21). The zero-order valence-corrected chi connectivity index (χ0v) is 12.2. The maximum atomic E-state index is 12.3. The van der Waals surface area contributed by atoms with Gasteiger partial charge in [0.2, 0.25) is 0 Å². The Morgan fingerprint density at radius 1 is 1.38 bits per heavy atom. The number of aliphatic hydroxyl groups is 1. The van der Waals surface area contributed by atoms with Crippen molar-refractivity contribution < 1.29 is 15.0 Å². The van der Waals surface area contributed by atoms with Crippen LogP contribution in [0.4, 0.5) is 0 Å². The molecule has 21 heavy (non-hydrogen) atoms. The summed E-state index contributed by atoms with van der Waals surface area (Å²) in [5.41, 5.74) is 0.567. The molecule has 1 aromatic heterocycles. The first-order valence-electron chi connectivity index (χ1n) is 7.06. The van der Waals surface area contributed by atoms with E-state index in [2.05, 4.69) is 10.3 Å². The third kappa shape index (κ3) is 3.13. The fourth-order valence-electron chi connectivity index (χ4n) is 2.21. The first-order valence-corrected chi connectivity index (χ1v) is 7.06. The van der Waals surface area contributed by atoms with Crippen LogP contribution in [0.25, 0.3) is 10.9 Å². The minimum absolute atomic E-state index is 0.132. The van der Waals surface area contributed by atoms with Crippen LogP contribution in [0.15, 0.2) is 30.5 Å². The Hall–Kier alpha value is -2.14. The molecule has 3 N–H and O–H groups in total. The van der Waals surface area contributed by atoms with Crippen molar-refractivity contribution in [2.75, 3.05) is 6.61 Å². The van der Waals surface area contributed by atoms with Crippen LogP contribution in [0.2, 0.25) is 0 Å². The molecule has 2 atom stereocenters.